The third kappa shape index (κ3) is 4.45. The number of benzene rings is 2. The predicted octanol–water partition coefficient (Wildman–Crippen LogP) is 4.90. The number of carbonyl (C=O) groups excluding carboxylic acids is 1. The molecule has 0 aliphatic carbocycles. The van der Waals surface area contributed by atoms with Crippen LogP contribution in [0.25, 0.3) is 16.7 Å². The number of aryl methyl sites for hydroxylation is 1. The van der Waals surface area contributed by atoms with Gasteiger partial charge in [0, 0.05) is 28.5 Å². The number of nitrogens with zero attached hydrogens (tertiary/aromatic N) is 4. The number of H-pyrrole nitrogens is 1. The third-order valence-electron chi connectivity index (χ3n) is 5.19. The number of fused-ring (bicyclic) bond motifs is 1. The molecule has 12 heteroatoms. The lowest BCUT2D eigenvalue weighted by atomic mass is 10.2. The molecule has 5 rings (SSSR count). The molecule has 0 saturated carbocycles. The average Bonchev–Trinajstić information content (AvgIpc) is 3.31. The first-order valence-corrected chi connectivity index (χ1v) is 11.2. The summed E-state index contributed by atoms with van der Waals surface area (Å²) in [5.74, 6) is -2.10. The molecule has 0 spiro atoms. The Morgan fingerprint density at radius 2 is 1.92 bits per heavy atom. The second-order valence-corrected chi connectivity index (χ2v) is 8.56. The number of halogens is 3. The van der Waals surface area contributed by atoms with E-state index in [1.165, 1.54) is 43.6 Å². The molecular formula is C24H15BrF2N6O3. The molecule has 0 radical (unpaired) electrons. The number of hydrogen-bond acceptors (Lipinski definition) is 6. The predicted molar refractivity (Wildman–Crippen MR) is 131 cm³/mol. The molecule has 0 atom stereocenters. The van der Waals surface area contributed by atoms with Crippen LogP contribution in [0.3, 0.4) is 0 Å². The van der Waals surface area contributed by atoms with Gasteiger partial charge in [0.15, 0.2) is 17.3 Å². The monoisotopic (exact) mass is 552 g/mol. The van der Waals surface area contributed by atoms with Crippen molar-refractivity contribution >= 4 is 38.6 Å². The minimum atomic E-state index is -0.748. The Hall–Kier alpha value is -4.45. The van der Waals surface area contributed by atoms with Gasteiger partial charge in [0.05, 0.1) is 5.39 Å². The topological polar surface area (TPSA) is 115 Å². The Morgan fingerprint density at radius 1 is 1.08 bits per heavy atom. The Morgan fingerprint density at radius 3 is 2.69 bits per heavy atom. The zero-order chi connectivity index (χ0) is 25.4. The smallest absolute Gasteiger partial charge is 0.276 e. The molecule has 3 heterocycles. The summed E-state index contributed by atoms with van der Waals surface area (Å²) < 4.78 is 36.1. The number of rotatable bonds is 5. The van der Waals surface area contributed by atoms with Crippen molar-refractivity contribution in [2.24, 2.45) is 0 Å². The maximum atomic E-state index is 14.8. The number of nitrogens with one attached hydrogen (secondary N) is 2. The van der Waals surface area contributed by atoms with Gasteiger partial charge in [-0.3, -0.25) is 9.59 Å². The molecule has 36 heavy (non-hydrogen) atoms. The first-order chi connectivity index (χ1) is 17.3. The maximum Gasteiger partial charge on any atom is 0.276 e. The number of amides is 1. The summed E-state index contributed by atoms with van der Waals surface area (Å²) in [4.78, 5) is 36.3. The van der Waals surface area contributed by atoms with E-state index in [-0.39, 0.29) is 34.3 Å². The largest absolute Gasteiger partial charge is 0.435 e. The van der Waals surface area contributed by atoms with Gasteiger partial charge in [-0.1, -0.05) is 15.9 Å². The molecule has 0 aliphatic heterocycles. The third-order valence-corrected chi connectivity index (χ3v) is 5.68. The summed E-state index contributed by atoms with van der Waals surface area (Å²) in [6.07, 6.45) is 2.95. The second kappa shape index (κ2) is 9.30. The first kappa shape index (κ1) is 23.3. The lowest BCUT2D eigenvalue weighted by molar-refractivity contribution is 0.102. The number of carbonyl (C=O) groups is 1. The zero-order valence-corrected chi connectivity index (χ0v) is 20.0. The molecule has 0 saturated heterocycles. The minimum absolute atomic E-state index is 0.109. The number of hydrogen-bond donors (Lipinski definition) is 2. The molecule has 0 unspecified atom stereocenters. The van der Waals surface area contributed by atoms with E-state index in [0.717, 1.165) is 10.7 Å². The van der Waals surface area contributed by atoms with Crippen LogP contribution in [0.1, 0.15) is 16.1 Å². The van der Waals surface area contributed by atoms with Crippen LogP contribution in [0.5, 0.6) is 11.6 Å². The van der Waals surface area contributed by atoms with Crippen molar-refractivity contribution in [3.8, 4) is 17.3 Å². The van der Waals surface area contributed by atoms with Crippen molar-refractivity contribution in [2.45, 2.75) is 6.92 Å². The summed E-state index contributed by atoms with van der Waals surface area (Å²) in [5.41, 5.74) is 0.0641. The molecule has 2 aromatic carbocycles. The van der Waals surface area contributed by atoms with Crippen LogP contribution in [-0.2, 0) is 0 Å². The van der Waals surface area contributed by atoms with E-state index in [9.17, 15) is 18.4 Å². The molecule has 180 valence electrons. The van der Waals surface area contributed by atoms with Gasteiger partial charge in [-0.05, 0) is 48.9 Å². The van der Waals surface area contributed by atoms with Gasteiger partial charge in [0.25, 0.3) is 11.5 Å². The van der Waals surface area contributed by atoms with Crippen LogP contribution in [0, 0.1) is 18.6 Å². The second-order valence-electron chi connectivity index (χ2n) is 7.64. The van der Waals surface area contributed by atoms with Gasteiger partial charge in [-0.25, -0.2) is 18.7 Å². The van der Waals surface area contributed by atoms with Crippen LogP contribution in [0.4, 0.5) is 14.5 Å². The highest BCUT2D eigenvalue weighted by Crippen LogP contribution is 2.29. The zero-order valence-electron chi connectivity index (χ0n) is 18.4. The molecule has 2 N–H and O–H groups in total. The minimum Gasteiger partial charge on any atom is -0.435 e. The van der Waals surface area contributed by atoms with Gasteiger partial charge < -0.3 is 15.0 Å². The molecule has 0 aliphatic rings. The standard InChI is InChI=1S/C24H15BrF2N6O3/c1-12-8-20(34)33(18-4-2-13(25)9-16(18)26)32-21(12)23(35)31-14-3-5-19(17(27)10-14)36-24-15-6-7-28-22(15)29-11-30-24/h2-11H,1H3,(H,31,35)(H,28,29,30). The molecule has 3 aromatic heterocycles. The fourth-order valence-corrected chi connectivity index (χ4v) is 3.81. The van der Waals surface area contributed by atoms with Crippen LogP contribution in [0.15, 0.2) is 70.3 Å². The van der Waals surface area contributed by atoms with E-state index in [1.807, 2.05) is 0 Å². The highest BCUT2D eigenvalue weighted by atomic mass is 79.9. The highest BCUT2D eigenvalue weighted by Gasteiger charge is 2.18. The summed E-state index contributed by atoms with van der Waals surface area (Å²) in [6, 6.07) is 10.8. The summed E-state index contributed by atoms with van der Waals surface area (Å²) in [7, 11) is 0. The van der Waals surface area contributed by atoms with Crippen molar-refractivity contribution in [1.82, 2.24) is 24.7 Å². The molecule has 9 nitrogen and oxygen atoms in total. The first-order valence-electron chi connectivity index (χ1n) is 10.4. The Labute approximate surface area is 209 Å². The van der Waals surface area contributed by atoms with Crippen molar-refractivity contribution in [1.29, 1.82) is 0 Å². The lowest BCUT2D eigenvalue weighted by Crippen LogP contribution is -2.27. The number of aromatic nitrogens is 5. The van der Waals surface area contributed by atoms with Gasteiger partial charge in [-0.15, -0.1) is 0 Å². The fourth-order valence-electron chi connectivity index (χ4n) is 3.48. The normalized spacial score (nSPS) is 11.0. The number of anilines is 1. The van der Waals surface area contributed by atoms with E-state index in [4.69, 9.17) is 4.74 Å². The number of aromatic amines is 1. The number of ether oxygens (including phenoxy) is 1. The molecule has 0 fully saturated rings. The van der Waals surface area contributed by atoms with E-state index >= 15 is 0 Å². The van der Waals surface area contributed by atoms with E-state index in [2.05, 4.69) is 41.3 Å². The SMILES string of the molecule is Cc1cc(=O)n(-c2ccc(Br)cc2F)nc1C(=O)Nc1ccc(Oc2ncnc3[nH]ccc23)c(F)c1. The lowest BCUT2D eigenvalue weighted by Gasteiger charge is -2.12. The highest BCUT2D eigenvalue weighted by molar-refractivity contribution is 9.10. The van der Waals surface area contributed by atoms with Crippen LogP contribution < -0.4 is 15.6 Å². The van der Waals surface area contributed by atoms with E-state index in [0.29, 0.717) is 15.5 Å². The summed E-state index contributed by atoms with van der Waals surface area (Å²) in [6.45, 7) is 1.52. The van der Waals surface area contributed by atoms with Gasteiger partial charge >= 0.3 is 0 Å². The fraction of sp³-hybridized carbons (Fsp3) is 0.0417. The maximum absolute atomic E-state index is 14.8. The Balaban J connectivity index is 1.40. The van der Waals surface area contributed by atoms with E-state index in [1.54, 1.807) is 18.3 Å². The molecular weight excluding hydrogens is 538 g/mol. The molecule has 1 amide bonds. The van der Waals surface area contributed by atoms with Crippen molar-refractivity contribution in [3.05, 3.63) is 98.8 Å². The molecule has 0 bridgehead atoms. The average molecular weight is 553 g/mol. The van der Waals surface area contributed by atoms with E-state index < -0.39 is 23.1 Å². The van der Waals surface area contributed by atoms with Crippen molar-refractivity contribution < 1.29 is 18.3 Å². The van der Waals surface area contributed by atoms with Crippen LogP contribution >= 0.6 is 15.9 Å². The quantitative estimate of drug-likeness (QED) is 0.320. The Bertz CT molecular complexity index is 1700. The van der Waals surface area contributed by atoms with Gasteiger partial charge in [0.2, 0.25) is 5.88 Å². The summed E-state index contributed by atoms with van der Waals surface area (Å²) in [5, 5.41) is 7.16. The van der Waals surface area contributed by atoms with Crippen LogP contribution in [0.2, 0.25) is 0 Å². The van der Waals surface area contributed by atoms with Crippen molar-refractivity contribution in [3.63, 3.8) is 0 Å². The molecule has 5 aromatic rings. The van der Waals surface area contributed by atoms with Gasteiger partial charge in [0.1, 0.15) is 23.5 Å². The van der Waals surface area contributed by atoms with Crippen LogP contribution in [-0.4, -0.2) is 30.6 Å². The summed E-state index contributed by atoms with van der Waals surface area (Å²) >= 11 is 3.15. The van der Waals surface area contributed by atoms with Gasteiger partial charge in [-0.2, -0.15) is 9.78 Å². The van der Waals surface area contributed by atoms with Crippen molar-refractivity contribution in [2.75, 3.05) is 5.32 Å². The Kier molecular flexibility index (Phi) is 6.02.